The van der Waals surface area contributed by atoms with Gasteiger partial charge in [-0.1, -0.05) is 63.4 Å². The van der Waals surface area contributed by atoms with Crippen molar-refractivity contribution in [2.75, 3.05) is 0 Å². The molecule has 3 nitrogen and oxygen atoms in total. The lowest BCUT2D eigenvalue weighted by atomic mass is 9.69. The molecule has 25 heavy (non-hydrogen) atoms. The maximum absolute atomic E-state index is 12.9. The zero-order chi connectivity index (χ0) is 17.4. The van der Waals surface area contributed by atoms with Crippen molar-refractivity contribution in [3.8, 4) is 11.1 Å². The van der Waals surface area contributed by atoms with E-state index >= 15 is 0 Å². The zero-order valence-corrected chi connectivity index (χ0v) is 15.0. The first-order valence-electron chi connectivity index (χ1n) is 9.28. The van der Waals surface area contributed by atoms with Crippen LogP contribution in [-0.4, -0.2) is 4.98 Å². The van der Waals surface area contributed by atoms with Gasteiger partial charge in [-0.3, -0.25) is 4.79 Å². The molecule has 0 atom stereocenters. The first-order valence-corrected chi connectivity index (χ1v) is 9.28. The Bertz CT molecular complexity index is 928. The summed E-state index contributed by atoms with van der Waals surface area (Å²) in [7, 11) is 0. The lowest BCUT2D eigenvalue weighted by Gasteiger charge is -2.37. The fraction of sp³-hybridized carbons (Fsp3) is 0.409. The van der Waals surface area contributed by atoms with Gasteiger partial charge in [-0.05, 0) is 24.3 Å². The number of aromatic amines is 1. The fourth-order valence-electron chi connectivity index (χ4n) is 4.28. The molecule has 1 aliphatic rings. The molecule has 0 aliphatic heterocycles. The topological polar surface area (TPSA) is 46.0 Å². The van der Waals surface area contributed by atoms with Crippen molar-refractivity contribution < 1.29 is 4.42 Å². The van der Waals surface area contributed by atoms with Crippen LogP contribution < -0.4 is 5.43 Å². The lowest BCUT2D eigenvalue weighted by molar-refractivity contribution is 0.231. The van der Waals surface area contributed by atoms with Gasteiger partial charge in [0.15, 0.2) is 5.43 Å². The van der Waals surface area contributed by atoms with Crippen LogP contribution in [0.2, 0.25) is 0 Å². The highest BCUT2D eigenvalue weighted by atomic mass is 16.3. The maximum Gasteiger partial charge on any atom is 0.208 e. The monoisotopic (exact) mass is 335 g/mol. The molecule has 0 radical (unpaired) electrons. The largest absolute Gasteiger partial charge is 0.447 e. The second kappa shape index (κ2) is 6.21. The molecule has 3 heteroatoms. The lowest BCUT2D eigenvalue weighted by Crippen LogP contribution is -2.32. The molecule has 1 saturated carbocycles. The third kappa shape index (κ3) is 2.82. The summed E-state index contributed by atoms with van der Waals surface area (Å²) in [5, 5.41) is 0.648. The average molecular weight is 335 g/mol. The summed E-state index contributed by atoms with van der Waals surface area (Å²) < 4.78 is 5.75. The van der Waals surface area contributed by atoms with Crippen molar-refractivity contribution in [3.63, 3.8) is 0 Å². The number of aromatic nitrogens is 1. The van der Waals surface area contributed by atoms with Gasteiger partial charge < -0.3 is 9.40 Å². The van der Waals surface area contributed by atoms with Crippen LogP contribution in [0.4, 0.5) is 0 Å². The highest BCUT2D eigenvalue weighted by molar-refractivity contribution is 5.91. The summed E-state index contributed by atoms with van der Waals surface area (Å²) in [6.45, 7) is 4.50. The van der Waals surface area contributed by atoms with Gasteiger partial charge in [0.25, 0.3) is 0 Å². The molecule has 1 aliphatic carbocycles. The van der Waals surface area contributed by atoms with Crippen molar-refractivity contribution in [1.82, 2.24) is 4.98 Å². The highest BCUT2D eigenvalue weighted by Gasteiger charge is 2.33. The van der Waals surface area contributed by atoms with E-state index in [9.17, 15) is 4.79 Å². The Kier molecular flexibility index (Phi) is 4.03. The minimum Gasteiger partial charge on any atom is -0.447 e. The van der Waals surface area contributed by atoms with Gasteiger partial charge >= 0.3 is 0 Å². The summed E-state index contributed by atoms with van der Waals surface area (Å²) >= 11 is 0. The number of benzene rings is 1. The predicted octanol–water partition coefficient (Wildman–Crippen LogP) is 5.65. The van der Waals surface area contributed by atoms with Crippen LogP contribution in [0, 0.1) is 5.92 Å². The first-order chi connectivity index (χ1) is 12.1. The van der Waals surface area contributed by atoms with Crippen molar-refractivity contribution in [1.29, 1.82) is 0 Å². The van der Waals surface area contributed by atoms with Crippen LogP contribution in [0.15, 0.2) is 51.9 Å². The van der Waals surface area contributed by atoms with E-state index in [0.29, 0.717) is 17.0 Å². The summed E-state index contributed by atoms with van der Waals surface area (Å²) in [5.41, 5.74) is 3.44. The molecule has 2 aromatic heterocycles. The van der Waals surface area contributed by atoms with E-state index in [1.54, 1.807) is 12.3 Å². The molecule has 1 N–H and O–H groups in total. The number of fused-ring (bicyclic) bond motifs is 1. The van der Waals surface area contributed by atoms with E-state index in [2.05, 4.69) is 18.8 Å². The van der Waals surface area contributed by atoms with Crippen LogP contribution >= 0.6 is 0 Å². The summed E-state index contributed by atoms with van der Waals surface area (Å²) in [4.78, 5) is 16.3. The van der Waals surface area contributed by atoms with Gasteiger partial charge in [-0.15, -0.1) is 0 Å². The highest BCUT2D eigenvalue weighted by Crippen LogP contribution is 2.40. The number of hydrogen-bond acceptors (Lipinski definition) is 2. The molecule has 0 amide bonds. The second-order valence-electron chi connectivity index (χ2n) is 7.82. The van der Waals surface area contributed by atoms with Crippen LogP contribution in [0.1, 0.15) is 51.6 Å². The van der Waals surface area contributed by atoms with Crippen LogP contribution in [0.3, 0.4) is 0 Å². The Labute approximate surface area is 148 Å². The fourth-order valence-corrected chi connectivity index (χ4v) is 4.28. The van der Waals surface area contributed by atoms with E-state index in [-0.39, 0.29) is 10.8 Å². The number of furan rings is 1. The van der Waals surface area contributed by atoms with E-state index in [4.69, 9.17) is 4.42 Å². The van der Waals surface area contributed by atoms with Crippen LogP contribution in [-0.2, 0) is 5.41 Å². The van der Waals surface area contributed by atoms with Crippen molar-refractivity contribution in [3.05, 3.63) is 58.6 Å². The predicted molar refractivity (Wildman–Crippen MR) is 102 cm³/mol. The molecule has 1 aromatic carbocycles. The van der Waals surface area contributed by atoms with E-state index in [0.717, 1.165) is 16.8 Å². The van der Waals surface area contributed by atoms with E-state index < -0.39 is 0 Å². The average Bonchev–Trinajstić information content (AvgIpc) is 3.08. The van der Waals surface area contributed by atoms with Crippen LogP contribution in [0.25, 0.3) is 22.2 Å². The standard InChI is InChI=1S/C22H25NO2/c1-22(2,16-11-7-4-8-12-16)19-13-18(24)20-17(14-25-21(20)23-19)15-9-5-3-6-10-15/h3,5-6,9-10,13-14,16H,4,7-8,11-12H2,1-2H3,(H,23,24). The van der Waals surface area contributed by atoms with Crippen molar-refractivity contribution in [2.45, 2.75) is 51.4 Å². The minimum atomic E-state index is -0.0481. The molecule has 3 aromatic rings. The minimum absolute atomic E-state index is 0.0419. The molecule has 130 valence electrons. The van der Waals surface area contributed by atoms with Gasteiger partial charge in [0.2, 0.25) is 5.71 Å². The molecule has 1 fully saturated rings. The Hall–Kier alpha value is -2.29. The molecule has 0 bridgehead atoms. The summed E-state index contributed by atoms with van der Waals surface area (Å²) in [5.74, 6) is 0.609. The van der Waals surface area contributed by atoms with Crippen molar-refractivity contribution >= 4 is 11.1 Å². The summed E-state index contributed by atoms with van der Waals surface area (Å²) in [6.07, 6.45) is 8.08. The molecule has 0 saturated heterocycles. The number of nitrogens with one attached hydrogen (secondary N) is 1. The molecule has 0 spiro atoms. The quantitative estimate of drug-likeness (QED) is 0.672. The van der Waals surface area contributed by atoms with Crippen LogP contribution in [0.5, 0.6) is 0 Å². The number of H-pyrrole nitrogens is 1. The first kappa shape index (κ1) is 16.2. The SMILES string of the molecule is CC(C)(c1cc(=O)c2c(-c3ccccc3)coc2[nH]1)C1CCCCC1. The Morgan fingerprint density at radius 1 is 1.08 bits per heavy atom. The van der Waals surface area contributed by atoms with E-state index in [1.807, 2.05) is 30.3 Å². The second-order valence-corrected chi connectivity index (χ2v) is 7.82. The Morgan fingerprint density at radius 3 is 2.52 bits per heavy atom. The Morgan fingerprint density at radius 2 is 1.80 bits per heavy atom. The molecule has 0 unspecified atom stereocenters. The van der Waals surface area contributed by atoms with Gasteiger partial charge in [-0.2, -0.15) is 0 Å². The third-order valence-corrected chi connectivity index (χ3v) is 5.97. The molecular formula is C22H25NO2. The van der Waals surface area contributed by atoms with Gasteiger partial charge in [0.05, 0.1) is 5.39 Å². The number of hydrogen-bond donors (Lipinski definition) is 1. The number of rotatable bonds is 3. The molecular weight excluding hydrogens is 310 g/mol. The Balaban J connectivity index is 1.80. The van der Waals surface area contributed by atoms with E-state index in [1.165, 1.54) is 32.1 Å². The normalized spacial score (nSPS) is 16.4. The van der Waals surface area contributed by atoms with Gasteiger partial charge in [-0.25, -0.2) is 0 Å². The zero-order valence-electron chi connectivity index (χ0n) is 15.0. The smallest absolute Gasteiger partial charge is 0.208 e. The third-order valence-electron chi connectivity index (χ3n) is 5.97. The van der Waals surface area contributed by atoms with Gasteiger partial charge in [0.1, 0.15) is 6.26 Å². The maximum atomic E-state index is 12.9. The molecule has 2 heterocycles. The van der Waals surface area contributed by atoms with Gasteiger partial charge in [0, 0.05) is 22.7 Å². The van der Waals surface area contributed by atoms with Crippen molar-refractivity contribution in [2.24, 2.45) is 5.92 Å². The molecule has 4 rings (SSSR count). The number of pyridine rings is 1. The summed E-state index contributed by atoms with van der Waals surface area (Å²) in [6, 6.07) is 11.7.